The van der Waals surface area contributed by atoms with E-state index in [0.717, 1.165) is 11.3 Å². The highest BCUT2D eigenvalue weighted by Crippen LogP contribution is 2.23. The van der Waals surface area contributed by atoms with Gasteiger partial charge in [-0.3, -0.25) is 18.6 Å². The molecule has 0 atom stereocenters. The summed E-state index contributed by atoms with van der Waals surface area (Å²) in [5, 5.41) is 11.8. The Morgan fingerprint density at radius 2 is 1.93 bits per heavy atom. The summed E-state index contributed by atoms with van der Waals surface area (Å²) in [6.45, 7) is 1.93. The predicted molar refractivity (Wildman–Crippen MR) is 114 cm³/mol. The van der Waals surface area contributed by atoms with Crippen LogP contribution in [-0.4, -0.2) is 30.8 Å². The van der Waals surface area contributed by atoms with E-state index in [1.165, 1.54) is 16.3 Å². The number of halogens is 1. The van der Waals surface area contributed by atoms with Crippen LogP contribution in [0, 0.1) is 6.92 Å². The lowest BCUT2D eigenvalue weighted by molar-refractivity contribution is -0.113. The second-order valence-corrected chi connectivity index (χ2v) is 7.65. The lowest BCUT2D eigenvalue weighted by atomic mass is 10.2. The van der Waals surface area contributed by atoms with Crippen molar-refractivity contribution in [2.24, 2.45) is 0 Å². The molecular formula is C20H16ClN5O2S. The number of aryl methyl sites for hydroxylation is 1. The van der Waals surface area contributed by atoms with Gasteiger partial charge in [0.2, 0.25) is 11.6 Å². The van der Waals surface area contributed by atoms with Gasteiger partial charge in [0.15, 0.2) is 5.16 Å². The van der Waals surface area contributed by atoms with Crippen LogP contribution in [0.5, 0.6) is 0 Å². The van der Waals surface area contributed by atoms with Crippen molar-refractivity contribution in [3.05, 3.63) is 81.9 Å². The summed E-state index contributed by atoms with van der Waals surface area (Å²) in [4.78, 5) is 25.0. The van der Waals surface area contributed by atoms with Crippen molar-refractivity contribution < 1.29 is 4.79 Å². The molecule has 4 rings (SSSR count). The maximum atomic E-state index is 12.7. The number of benzene rings is 2. The number of fused-ring (bicyclic) bond motifs is 1. The number of carbonyl (C=O) groups is 1. The Hall–Kier alpha value is -3.10. The predicted octanol–water partition coefficient (Wildman–Crippen LogP) is 3.57. The summed E-state index contributed by atoms with van der Waals surface area (Å²) < 4.78 is 3.09. The molecule has 0 bridgehead atoms. The zero-order valence-corrected chi connectivity index (χ0v) is 16.9. The van der Waals surface area contributed by atoms with E-state index < -0.39 is 0 Å². The first-order chi connectivity index (χ1) is 14.0. The molecule has 2 aromatic carbocycles. The number of aromatic nitrogens is 4. The molecular weight excluding hydrogens is 410 g/mol. The van der Waals surface area contributed by atoms with E-state index >= 15 is 0 Å². The van der Waals surface area contributed by atoms with Crippen LogP contribution in [-0.2, 0) is 4.79 Å². The number of nitrogens with one attached hydrogen (secondary N) is 1. The summed E-state index contributed by atoms with van der Waals surface area (Å²) in [5.74, 6) is -0.123. The molecule has 9 heteroatoms. The Morgan fingerprint density at radius 3 is 2.69 bits per heavy atom. The molecule has 4 aromatic rings. The minimum Gasteiger partial charge on any atom is -0.324 e. The van der Waals surface area contributed by atoms with Gasteiger partial charge in [0.1, 0.15) is 0 Å². The van der Waals surface area contributed by atoms with Crippen molar-refractivity contribution in [3.63, 3.8) is 0 Å². The average Bonchev–Trinajstić information content (AvgIpc) is 3.13. The Bertz CT molecular complexity index is 1250. The number of hydrogen-bond donors (Lipinski definition) is 1. The quantitative estimate of drug-likeness (QED) is 0.494. The highest BCUT2D eigenvalue weighted by molar-refractivity contribution is 7.99. The highest BCUT2D eigenvalue weighted by Gasteiger charge is 2.14. The number of amides is 1. The molecule has 0 fully saturated rings. The molecule has 0 saturated heterocycles. The fourth-order valence-electron chi connectivity index (χ4n) is 2.79. The summed E-state index contributed by atoms with van der Waals surface area (Å²) in [7, 11) is 0. The van der Waals surface area contributed by atoms with Crippen molar-refractivity contribution >= 4 is 40.6 Å². The molecule has 1 amide bonds. The minimum atomic E-state index is -0.283. The Balaban J connectivity index is 1.51. The van der Waals surface area contributed by atoms with Crippen molar-refractivity contribution in [2.45, 2.75) is 12.1 Å². The average molecular weight is 426 g/mol. The van der Waals surface area contributed by atoms with E-state index in [0.29, 0.717) is 15.9 Å². The maximum Gasteiger partial charge on any atom is 0.300 e. The number of para-hydroxylation sites is 1. The zero-order chi connectivity index (χ0) is 20.4. The third kappa shape index (κ3) is 4.03. The molecule has 29 heavy (non-hydrogen) atoms. The first-order valence-corrected chi connectivity index (χ1v) is 10.1. The third-order valence-corrected chi connectivity index (χ3v) is 5.46. The van der Waals surface area contributed by atoms with Crippen LogP contribution in [0.25, 0.3) is 11.3 Å². The normalized spacial score (nSPS) is 11.0. The zero-order valence-electron chi connectivity index (χ0n) is 15.4. The fourth-order valence-corrected chi connectivity index (χ4v) is 3.79. The van der Waals surface area contributed by atoms with Crippen LogP contribution >= 0.6 is 23.4 Å². The summed E-state index contributed by atoms with van der Waals surface area (Å²) in [6, 6.07) is 14.7. The molecule has 0 radical (unpaired) electrons. The molecule has 0 spiro atoms. The van der Waals surface area contributed by atoms with Crippen LogP contribution in [0.1, 0.15) is 5.56 Å². The standard InChI is InChI=1S/C20H16ClN5O2S/c1-13-7-8-16(15(21)11-13)22-17(27)12-29-20-24-23-18-19(28)25(9-10-26(18)20)14-5-3-2-4-6-14/h2-11H,12H2,1H3,(H,22,27). The first-order valence-electron chi connectivity index (χ1n) is 8.73. The van der Waals surface area contributed by atoms with E-state index in [1.54, 1.807) is 28.9 Å². The molecule has 2 heterocycles. The van der Waals surface area contributed by atoms with Gasteiger partial charge in [-0.1, -0.05) is 47.6 Å². The molecule has 0 saturated carbocycles. The lowest BCUT2D eigenvalue weighted by Crippen LogP contribution is -2.20. The summed E-state index contributed by atoms with van der Waals surface area (Å²) in [6.07, 6.45) is 3.37. The van der Waals surface area contributed by atoms with E-state index in [4.69, 9.17) is 11.6 Å². The van der Waals surface area contributed by atoms with Gasteiger partial charge in [-0.2, -0.15) is 0 Å². The van der Waals surface area contributed by atoms with E-state index in [2.05, 4.69) is 15.5 Å². The van der Waals surface area contributed by atoms with Crippen LogP contribution in [0.4, 0.5) is 5.69 Å². The monoisotopic (exact) mass is 425 g/mol. The van der Waals surface area contributed by atoms with Gasteiger partial charge >= 0.3 is 5.56 Å². The van der Waals surface area contributed by atoms with Crippen LogP contribution < -0.4 is 10.9 Å². The molecule has 0 aliphatic rings. The van der Waals surface area contributed by atoms with Gasteiger partial charge in [-0.25, -0.2) is 0 Å². The largest absolute Gasteiger partial charge is 0.324 e. The van der Waals surface area contributed by atoms with Gasteiger partial charge in [-0.15, -0.1) is 10.2 Å². The number of carbonyl (C=O) groups excluding carboxylic acids is 1. The number of rotatable bonds is 5. The molecule has 0 aliphatic heterocycles. The highest BCUT2D eigenvalue weighted by atomic mass is 35.5. The first kappa shape index (κ1) is 19.2. The van der Waals surface area contributed by atoms with E-state index in [-0.39, 0.29) is 22.9 Å². The van der Waals surface area contributed by atoms with E-state index in [1.807, 2.05) is 43.3 Å². The van der Waals surface area contributed by atoms with Gasteiger partial charge in [0.05, 0.1) is 16.5 Å². The molecule has 0 unspecified atom stereocenters. The van der Waals surface area contributed by atoms with Gasteiger partial charge in [0.25, 0.3) is 0 Å². The second-order valence-electron chi connectivity index (χ2n) is 6.31. The topological polar surface area (TPSA) is 81.3 Å². The summed E-state index contributed by atoms with van der Waals surface area (Å²) >= 11 is 7.34. The van der Waals surface area contributed by atoms with Crippen molar-refractivity contribution in [2.75, 3.05) is 11.1 Å². The lowest BCUT2D eigenvalue weighted by Gasteiger charge is -2.08. The fraction of sp³-hybridized carbons (Fsp3) is 0.100. The molecule has 0 aliphatic carbocycles. The number of nitrogens with zero attached hydrogens (tertiary/aromatic N) is 4. The molecule has 1 N–H and O–H groups in total. The number of hydrogen-bond acceptors (Lipinski definition) is 5. The summed E-state index contributed by atoms with van der Waals surface area (Å²) in [5.41, 5.74) is 2.22. The second kappa shape index (κ2) is 8.10. The maximum absolute atomic E-state index is 12.7. The van der Waals surface area contributed by atoms with Crippen LogP contribution in [0.3, 0.4) is 0 Å². The van der Waals surface area contributed by atoms with Crippen molar-refractivity contribution in [1.82, 2.24) is 19.2 Å². The molecule has 7 nitrogen and oxygen atoms in total. The molecule has 2 aromatic heterocycles. The SMILES string of the molecule is Cc1ccc(NC(=O)CSc2nnc3c(=O)n(-c4ccccc4)ccn23)c(Cl)c1. The Labute approximate surface area is 175 Å². The van der Waals surface area contributed by atoms with E-state index in [9.17, 15) is 9.59 Å². The third-order valence-electron chi connectivity index (χ3n) is 4.20. The Kier molecular flexibility index (Phi) is 5.37. The van der Waals surface area contributed by atoms with Gasteiger partial charge < -0.3 is 5.32 Å². The number of anilines is 1. The number of thioether (sulfide) groups is 1. The van der Waals surface area contributed by atoms with Crippen LogP contribution in [0.15, 0.2) is 70.9 Å². The van der Waals surface area contributed by atoms with Gasteiger partial charge in [-0.05, 0) is 36.8 Å². The van der Waals surface area contributed by atoms with Gasteiger partial charge in [0, 0.05) is 18.1 Å². The Morgan fingerprint density at radius 1 is 1.14 bits per heavy atom. The minimum absolute atomic E-state index is 0.104. The smallest absolute Gasteiger partial charge is 0.300 e. The van der Waals surface area contributed by atoms with Crippen molar-refractivity contribution in [1.29, 1.82) is 0 Å². The van der Waals surface area contributed by atoms with Crippen molar-refractivity contribution in [3.8, 4) is 5.69 Å². The molecule has 146 valence electrons. The van der Waals surface area contributed by atoms with Crippen LogP contribution in [0.2, 0.25) is 5.02 Å².